The van der Waals surface area contributed by atoms with E-state index >= 15 is 0 Å². The topological polar surface area (TPSA) is 29.5 Å². The van der Waals surface area contributed by atoms with Gasteiger partial charge < -0.3 is 9.63 Å². The van der Waals surface area contributed by atoms with Gasteiger partial charge in [0.1, 0.15) is 12.2 Å². The molecule has 0 bridgehead atoms. The number of halogens is 1. The molecule has 2 rings (SSSR count). The molecule has 0 fully saturated rings. The maximum Gasteiger partial charge on any atom is 0.137 e. The van der Waals surface area contributed by atoms with Crippen molar-refractivity contribution in [3.05, 3.63) is 54.1 Å². The molecule has 108 valence electrons. The smallest absolute Gasteiger partial charge is 0.137 e. The van der Waals surface area contributed by atoms with Gasteiger partial charge in [0, 0.05) is 18.6 Å². The minimum atomic E-state index is 0.195. The number of hydrogen-bond donors (Lipinski definition) is 1. The van der Waals surface area contributed by atoms with Crippen molar-refractivity contribution in [2.45, 2.75) is 12.8 Å². The summed E-state index contributed by atoms with van der Waals surface area (Å²) in [6.45, 7) is 0.625. The second kappa shape index (κ2) is 9.04. The van der Waals surface area contributed by atoms with Gasteiger partial charge in [0.05, 0.1) is 0 Å². The highest BCUT2D eigenvalue weighted by atomic mass is 127. The molecular weight excluding hydrogens is 394 g/mol. The van der Waals surface area contributed by atoms with Crippen LogP contribution in [0.15, 0.2) is 48.5 Å². The zero-order chi connectivity index (χ0) is 14.9. The summed E-state index contributed by atoms with van der Waals surface area (Å²) in [4.78, 5) is 0. The third-order valence-electron chi connectivity index (χ3n) is 2.90. The van der Waals surface area contributed by atoms with Gasteiger partial charge in [-0.15, -0.1) is 0 Å². The van der Waals surface area contributed by atoms with Crippen LogP contribution in [-0.4, -0.2) is 11.7 Å². The highest BCUT2D eigenvalue weighted by Crippen LogP contribution is 2.29. The fourth-order valence-corrected chi connectivity index (χ4v) is 2.86. The first-order valence-electron chi connectivity index (χ1n) is 6.66. The molecule has 0 spiro atoms. The van der Waals surface area contributed by atoms with Crippen LogP contribution in [0.5, 0.6) is 5.75 Å². The Bertz CT molecular complexity index is 629. The predicted octanol–water partition coefficient (Wildman–Crippen LogP) is 4.80. The molecule has 0 aliphatic carbocycles. The van der Waals surface area contributed by atoms with Crippen LogP contribution in [0.4, 0.5) is 0 Å². The molecule has 0 aromatic heterocycles. The van der Waals surface area contributed by atoms with Crippen LogP contribution in [0.3, 0.4) is 0 Å². The summed E-state index contributed by atoms with van der Waals surface area (Å²) in [6, 6.07) is 16.3. The average Bonchev–Trinajstić information content (AvgIpc) is 2.53. The van der Waals surface area contributed by atoms with E-state index in [1.165, 1.54) is 0 Å². The van der Waals surface area contributed by atoms with E-state index in [9.17, 15) is 0 Å². The minimum Gasteiger partial charge on any atom is -0.467 e. The number of aliphatic hydroxyl groups excluding tert-OH is 1. The Balaban J connectivity index is 2.14. The van der Waals surface area contributed by atoms with E-state index in [-0.39, 0.29) is 6.61 Å². The van der Waals surface area contributed by atoms with E-state index in [0.29, 0.717) is 6.45 Å². The van der Waals surface area contributed by atoms with Crippen LogP contribution < -0.4 is 4.52 Å². The Morgan fingerprint density at radius 2 is 1.90 bits per heavy atom. The molecule has 0 amide bonds. The van der Waals surface area contributed by atoms with Gasteiger partial charge in [-0.1, -0.05) is 36.1 Å². The lowest BCUT2D eigenvalue weighted by Crippen LogP contribution is -1.82. The normalized spacial score (nSPS) is 10.4. The summed E-state index contributed by atoms with van der Waals surface area (Å²) in [6.07, 6.45) is 1.45. The van der Waals surface area contributed by atoms with E-state index < -0.39 is 0 Å². The van der Waals surface area contributed by atoms with Gasteiger partial charge in [-0.3, -0.25) is 0 Å². The lowest BCUT2D eigenvalue weighted by atomic mass is 10.0. The number of benzene rings is 2. The van der Waals surface area contributed by atoms with Crippen molar-refractivity contribution in [3.8, 4) is 28.7 Å². The molecule has 4 heteroatoms. The number of unbranched alkanes of at least 4 members (excludes halogenated alkanes) is 1. The molecule has 2 nitrogen and oxygen atoms in total. The zero-order valence-electron chi connectivity index (χ0n) is 11.5. The van der Waals surface area contributed by atoms with Crippen LogP contribution in [-0.2, 0) is 0 Å². The molecule has 1 unspecified atom stereocenters. The van der Waals surface area contributed by atoms with E-state index in [4.69, 9.17) is 9.63 Å². The third kappa shape index (κ3) is 5.32. The van der Waals surface area contributed by atoms with Gasteiger partial charge in [-0.05, 0) is 63.9 Å². The van der Waals surface area contributed by atoms with E-state index in [1.807, 2.05) is 24.3 Å². The monoisotopic (exact) mass is 410 g/mol. The second-order valence-corrected chi connectivity index (χ2v) is 6.09. The molecule has 2 aromatic carbocycles. The molecule has 0 saturated carbocycles. The maximum atomic E-state index is 8.74. The molecule has 21 heavy (non-hydrogen) atoms. The predicted molar refractivity (Wildman–Crippen MR) is 98.0 cm³/mol. The largest absolute Gasteiger partial charge is 0.467 e. The first-order chi connectivity index (χ1) is 10.3. The standard InChI is InChI=1S/C17H16IO2P/c18-21-20-17-10-8-15(9-11-17)16-7-4-6-14(13-16)5-2-1-3-12-19/h4,6-11,13,19,21H,1,3,12H2. The summed E-state index contributed by atoms with van der Waals surface area (Å²) in [7, 11) is 0. The second-order valence-electron chi connectivity index (χ2n) is 4.41. The summed E-state index contributed by atoms with van der Waals surface area (Å²) in [5, 5.41) is 8.74. The van der Waals surface area contributed by atoms with Gasteiger partial charge in [-0.25, -0.2) is 0 Å². The summed E-state index contributed by atoms with van der Waals surface area (Å²) in [5.41, 5.74) is 3.30. The number of aliphatic hydroxyl groups is 1. The molecule has 1 N–H and O–H groups in total. The quantitative estimate of drug-likeness (QED) is 0.332. The average molecular weight is 410 g/mol. The van der Waals surface area contributed by atoms with Crippen molar-refractivity contribution in [2.75, 3.05) is 6.61 Å². The molecule has 0 saturated heterocycles. The summed E-state index contributed by atoms with van der Waals surface area (Å²) in [5.74, 6) is 7.11. The van der Waals surface area contributed by atoms with Crippen molar-refractivity contribution in [1.29, 1.82) is 0 Å². The Kier molecular flexibility index (Phi) is 7.02. The molecule has 1 atom stereocenters. The number of hydrogen-bond acceptors (Lipinski definition) is 2. The van der Waals surface area contributed by atoms with Crippen LogP contribution in [0.25, 0.3) is 11.1 Å². The minimum absolute atomic E-state index is 0.195. The van der Waals surface area contributed by atoms with Crippen molar-refractivity contribution < 1.29 is 9.63 Å². The third-order valence-corrected chi connectivity index (χ3v) is 3.87. The highest BCUT2D eigenvalue weighted by molar-refractivity contribution is 14.2. The van der Waals surface area contributed by atoms with Gasteiger partial charge >= 0.3 is 0 Å². The van der Waals surface area contributed by atoms with Gasteiger partial charge in [0.2, 0.25) is 0 Å². The molecule has 2 aromatic rings. The Morgan fingerprint density at radius 3 is 2.62 bits per heavy atom. The van der Waals surface area contributed by atoms with Gasteiger partial charge in [-0.2, -0.15) is 0 Å². The zero-order valence-corrected chi connectivity index (χ0v) is 14.6. The van der Waals surface area contributed by atoms with Crippen LogP contribution in [0.1, 0.15) is 18.4 Å². The molecule has 0 heterocycles. The fraction of sp³-hybridized carbons (Fsp3) is 0.176. The Hall–Kier alpha value is -1.08. The Labute approximate surface area is 140 Å². The number of rotatable bonds is 5. The lowest BCUT2D eigenvalue weighted by molar-refractivity contribution is 0.290. The van der Waals surface area contributed by atoms with E-state index in [2.05, 4.69) is 58.1 Å². The van der Waals surface area contributed by atoms with Crippen LogP contribution >= 0.6 is 28.5 Å². The lowest BCUT2D eigenvalue weighted by Gasteiger charge is -2.05. The maximum absolute atomic E-state index is 8.74. The van der Waals surface area contributed by atoms with Crippen molar-refractivity contribution in [3.63, 3.8) is 0 Å². The van der Waals surface area contributed by atoms with Gasteiger partial charge in [0.25, 0.3) is 0 Å². The van der Waals surface area contributed by atoms with Crippen molar-refractivity contribution in [2.24, 2.45) is 0 Å². The van der Waals surface area contributed by atoms with Crippen LogP contribution in [0, 0.1) is 11.8 Å². The van der Waals surface area contributed by atoms with Crippen molar-refractivity contribution >= 4 is 28.5 Å². The fourth-order valence-electron chi connectivity index (χ4n) is 1.87. The first-order valence-corrected chi connectivity index (χ1v) is 10.7. The SMILES string of the molecule is OCCCC#Cc1cccc(-c2ccc(OPI)cc2)c1. The molecule has 0 aliphatic heterocycles. The van der Waals surface area contributed by atoms with E-state index in [1.54, 1.807) is 0 Å². The Morgan fingerprint density at radius 1 is 1.10 bits per heavy atom. The summed E-state index contributed by atoms with van der Waals surface area (Å²) < 4.78 is 5.47. The van der Waals surface area contributed by atoms with Crippen molar-refractivity contribution in [1.82, 2.24) is 0 Å². The van der Waals surface area contributed by atoms with E-state index in [0.717, 1.165) is 35.3 Å². The molecule has 0 aliphatic rings. The van der Waals surface area contributed by atoms with Crippen LogP contribution in [0.2, 0.25) is 0 Å². The molecular formula is C17H16IO2P. The highest BCUT2D eigenvalue weighted by Gasteiger charge is 1.99. The summed E-state index contributed by atoms with van der Waals surface area (Å²) >= 11 is 2.21. The molecule has 0 radical (unpaired) electrons. The first kappa shape index (κ1) is 16.3. The van der Waals surface area contributed by atoms with Gasteiger partial charge in [0.15, 0.2) is 0 Å².